The first kappa shape index (κ1) is 31.0. The van der Waals surface area contributed by atoms with E-state index in [1.54, 1.807) is 32.1 Å². The van der Waals surface area contributed by atoms with E-state index in [1.807, 2.05) is 84.9 Å². The molecule has 0 saturated heterocycles. The third-order valence-corrected chi connectivity index (χ3v) is 7.16. The second kappa shape index (κ2) is 12.5. The molecule has 38 heavy (non-hydrogen) atoms. The van der Waals surface area contributed by atoms with Crippen molar-refractivity contribution in [2.45, 2.75) is 78.9 Å². The SMILES string of the molecule is CN[C@H](C(=O)N[C@H](C(=O)N(C)[C@H](C=C(C)C(=O)c1ncc[nH]1)C(C)C)C(C)(C)C)C(C)(C)c1ccccc1. The molecule has 3 N–H and O–H groups in total. The zero-order chi connectivity index (χ0) is 28.8. The standard InChI is InChI=1S/C30H45N5O3/c1-19(2)22(18-20(3)23(36)26-32-16-17-33-26)35(10)28(38)25(29(4,5)6)34-27(37)24(31-9)30(7,8)21-14-12-11-13-15-21/h11-19,22,24-25,31H,1-10H3,(H,32,33)(H,34,37)/t22-,24-,25-/m1/s1. The van der Waals surface area contributed by atoms with E-state index in [0.29, 0.717) is 5.57 Å². The molecule has 1 aromatic heterocycles. The number of aromatic amines is 1. The lowest BCUT2D eigenvalue weighted by Crippen LogP contribution is -2.61. The van der Waals surface area contributed by atoms with Crippen LogP contribution in [0.4, 0.5) is 0 Å². The topological polar surface area (TPSA) is 107 Å². The van der Waals surface area contributed by atoms with Crippen LogP contribution < -0.4 is 10.6 Å². The molecule has 0 spiro atoms. The Morgan fingerprint density at radius 1 is 1.03 bits per heavy atom. The van der Waals surface area contributed by atoms with Crippen LogP contribution in [0.25, 0.3) is 0 Å². The van der Waals surface area contributed by atoms with Gasteiger partial charge in [-0.1, -0.05) is 84.9 Å². The number of H-pyrrole nitrogens is 1. The molecule has 0 aliphatic carbocycles. The van der Waals surface area contributed by atoms with Crippen LogP contribution in [0.5, 0.6) is 0 Å². The molecule has 3 atom stereocenters. The molecule has 0 saturated carbocycles. The van der Waals surface area contributed by atoms with Gasteiger partial charge in [-0.05, 0) is 36.4 Å². The fourth-order valence-electron chi connectivity index (χ4n) is 4.74. The molecule has 0 bridgehead atoms. The van der Waals surface area contributed by atoms with Gasteiger partial charge in [0.15, 0.2) is 5.82 Å². The van der Waals surface area contributed by atoms with E-state index in [9.17, 15) is 14.4 Å². The average Bonchev–Trinajstić information content (AvgIpc) is 3.39. The van der Waals surface area contributed by atoms with E-state index in [2.05, 4.69) is 20.6 Å². The summed E-state index contributed by atoms with van der Waals surface area (Å²) in [5.74, 6) is -0.395. The number of nitrogens with zero attached hydrogens (tertiary/aromatic N) is 2. The number of amides is 2. The van der Waals surface area contributed by atoms with Crippen LogP contribution in [0.2, 0.25) is 0 Å². The molecule has 0 fully saturated rings. The number of aromatic nitrogens is 2. The summed E-state index contributed by atoms with van der Waals surface area (Å²) >= 11 is 0. The van der Waals surface area contributed by atoms with E-state index in [-0.39, 0.29) is 35.4 Å². The highest BCUT2D eigenvalue weighted by atomic mass is 16.2. The van der Waals surface area contributed by atoms with Crippen LogP contribution in [0.1, 0.15) is 71.6 Å². The molecule has 8 nitrogen and oxygen atoms in total. The van der Waals surface area contributed by atoms with Gasteiger partial charge in [-0.3, -0.25) is 14.4 Å². The maximum absolute atomic E-state index is 13.9. The predicted octanol–water partition coefficient (Wildman–Crippen LogP) is 4.12. The normalized spacial score (nSPS) is 15.1. The molecule has 0 aliphatic rings. The molecular weight excluding hydrogens is 478 g/mol. The number of allylic oxidation sites excluding steroid dienone is 1. The number of likely N-dealkylation sites (N-methyl/N-ethyl adjacent to an activating group) is 2. The third-order valence-electron chi connectivity index (χ3n) is 7.16. The molecular formula is C30H45N5O3. The fraction of sp³-hybridized carbons (Fsp3) is 0.533. The maximum atomic E-state index is 13.9. The highest BCUT2D eigenvalue weighted by Crippen LogP contribution is 2.29. The molecule has 8 heteroatoms. The van der Waals surface area contributed by atoms with Crippen LogP contribution in [-0.4, -0.2) is 64.7 Å². The number of benzene rings is 1. The predicted molar refractivity (Wildman–Crippen MR) is 152 cm³/mol. The van der Waals surface area contributed by atoms with E-state index >= 15 is 0 Å². The van der Waals surface area contributed by atoms with Crippen molar-refractivity contribution in [2.24, 2.45) is 11.3 Å². The minimum Gasteiger partial charge on any atom is -0.342 e. The zero-order valence-electron chi connectivity index (χ0n) is 24.5. The fourth-order valence-corrected chi connectivity index (χ4v) is 4.74. The molecule has 2 aromatic rings. The number of imidazole rings is 1. The molecule has 1 heterocycles. The largest absolute Gasteiger partial charge is 0.342 e. The van der Waals surface area contributed by atoms with Gasteiger partial charge in [0.25, 0.3) is 0 Å². The van der Waals surface area contributed by atoms with Gasteiger partial charge >= 0.3 is 0 Å². The minimum atomic E-state index is -0.779. The van der Waals surface area contributed by atoms with Gasteiger partial charge in [0, 0.05) is 24.9 Å². The number of carbonyl (C=O) groups excluding carboxylic acids is 3. The Kier molecular flexibility index (Phi) is 10.2. The second-order valence-electron chi connectivity index (χ2n) is 11.9. The summed E-state index contributed by atoms with van der Waals surface area (Å²) in [6.45, 7) is 15.6. The lowest BCUT2D eigenvalue weighted by atomic mass is 9.76. The number of hydrogen-bond donors (Lipinski definition) is 3. The zero-order valence-corrected chi connectivity index (χ0v) is 24.5. The summed E-state index contributed by atoms with van der Waals surface area (Å²) in [4.78, 5) is 48.9. The summed E-state index contributed by atoms with van der Waals surface area (Å²) in [5, 5.41) is 6.23. The van der Waals surface area contributed by atoms with Crippen LogP contribution in [0.3, 0.4) is 0 Å². The van der Waals surface area contributed by atoms with Gasteiger partial charge in [-0.25, -0.2) is 4.98 Å². The number of Topliss-reactive ketones (excluding diaryl/α,β-unsaturated/α-hetero) is 1. The highest BCUT2D eigenvalue weighted by molar-refractivity contribution is 6.05. The van der Waals surface area contributed by atoms with Gasteiger partial charge in [-0.15, -0.1) is 0 Å². The van der Waals surface area contributed by atoms with Gasteiger partial charge in [-0.2, -0.15) is 0 Å². The smallest absolute Gasteiger partial charge is 0.245 e. The van der Waals surface area contributed by atoms with Crippen molar-refractivity contribution >= 4 is 17.6 Å². The monoisotopic (exact) mass is 523 g/mol. The first-order valence-corrected chi connectivity index (χ1v) is 13.1. The van der Waals surface area contributed by atoms with Crippen molar-refractivity contribution in [2.75, 3.05) is 14.1 Å². The van der Waals surface area contributed by atoms with Crippen molar-refractivity contribution in [3.8, 4) is 0 Å². The van der Waals surface area contributed by atoms with Crippen molar-refractivity contribution in [3.63, 3.8) is 0 Å². The van der Waals surface area contributed by atoms with Gasteiger partial charge in [0.05, 0.1) is 12.1 Å². The summed E-state index contributed by atoms with van der Waals surface area (Å²) in [7, 11) is 3.48. The van der Waals surface area contributed by atoms with Crippen LogP contribution >= 0.6 is 0 Å². The molecule has 2 rings (SSSR count). The number of ketones is 1. The summed E-state index contributed by atoms with van der Waals surface area (Å²) in [6, 6.07) is 8.16. The Morgan fingerprint density at radius 3 is 2.11 bits per heavy atom. The Morgan fingerprint density at radius 2 is 1.63 bits per heavy atom. The second-order valence-corrected chi connectivity index (χ2v) is 11.9. The molecule has 0 radical (unpaired) electrons. The Labute approximate surface area is 227 Å². The molecule has 0 unspecified atom stereocenters. The lowest BCUT2D eigenvalue weighted by Gasteiger charge is -2.40. The molecule has 208 valence electrons. The molecule has 2 amide bonds. The number of rotatable bonds is 11. The van der Waals surface area contributed by atoms with Gasteiger partial charge in [0.2, 0.25) is 17.6 Å². The van der Waals surface area contributed by atoms with Gasteiger partial charge < -0.3 is 20.5 Å². The van der Waals surface area contributed by atoms with E-state index in [4.69, 9.17) is 0 Å². The summed E-state index contributed by atoms with van der Waals surface area (Å²) in [6.07, 6.45) is 4.94. The summed E-state index contributed by atoms with van der Waals surface area (Å²) < 4.78 is 0. The van der Waals surface area contributed by atoms with Crippen LogP contribution in [0.15, 0.2) is 54.4 Å². The first-order valence-electron chi connectivity index (χ1n) is 13.1. The van der Waals surface area contributed by atoms with Crippen molar-refractivity contribution in [1.82, 2.24) is 25.5 Å². The van der Waals surface area contributed by atoms with Crippen molar-refractivity contribution in [3.05, 3.63) is 65.8 Å². The van der Waals surface area contributed by atoms with E-state index in [1.165, 1.54) is 6.20 Å². The molecule has 1 aromatic carbocycles. The Balaban J connectivity index is 2.34. The van der Waals surface area contributed by atoms with Crippen molar-refractivity contribution in [1.29, 1.82) is 0 Å². The molecule has 0 aliphatic heterocycles. The number of hydrogen-bond acceptors (Lipinski definition) is 5. The minimum absolute atomic E-state index is 0.0293. The van der Waals surface area contributed by atoms with Crippen LogP contribution in [-0.2, 0) is 15.0 Å². The first-order chi connectivity index (χ1) is 17.6. The van der Waals surface area contributed by atoms with Gasteiger partial charge in [0.1, 0.15) is 6.04 Å². The average molecular weight is 524 g/mol. The van der Waals surface area contributed by atoms with Crippen LogP contribution in [0, 0.1) is 11.3 Å². The van der Waals surface area contributed by atoms with Crippen molar-refractivity contribution < 1.29 is 14.4 Å². The Hall–Kier alpha value is -3.26. The quantitative estimate of drug-likeness (QED) is 0.303. The maximum Gasteiger partial charge on any atom is 0.245 e. The number of nitrogens with one attached hydrogen (secondary N) is 3. The summed E-state index contributed by atoms with van der Waals surface area (Å²) in [5.41, 5.74) is 0.436. The number of carbonyl (C=O) groups is 3. The highest BCUT2D eigenvalue weighted by Gasteiger charge is 2.41. The Bertz CT molecular complexity index is 1110. The van der Waals surface area contributed by atoms with E-state index in [0.717, 1.165) is 5.56 Å². The van der Waals surface area contributed by atoms with E-state index < -0.39 is 22.9 Å². The lowest BCUT2D eigenvalue weighted by molar-refractivity contribution is -0.140. The third kappa shape index (κ3) is 7.19.